The third-order valence-electron chi connectivity index (χ3n) is 16.7. The molecule has 0 spiro atoms. The molecule has 2 aromatic carbocycles. The molecule has 340 valence electrons. The molecule has 1 amide bonds. The number of hydrogen-bond acceptors (Lipinski definition) is 7. The van der Waals surface area contributed by atoms with Crippen molar-refractivity contribution in [2.24, 2.45) is 56.7 Å². The van der Waals surface area contributed by atoms with Crippen molar-refractivity contribution in [3.63, 3.8) is 0 Å². The number of aromatic nitrogens is 4. The Kier molecular flexibility index (Phi) is 11.5. The van der Waals surface area contributed by atoms with Crippen LogP contribution in [0.2, 0.25) is 5.02 Å². The van der Waals surface area contributed by atoms with Gasteiger partial charge in [-0.2, -0.15) is 4.98 Å². The molecule has 13 heteroatoms. The van der Waals surface area contributed by atoms with E-state index in [1.807, 2.05) is 42.6 Å². The van der Waals surface area contributed by atoms with E-state index in [1.165, 1.54) is 70.0 Å². The number of carboxylic acids is 1. The Morgan fingerprint density at radius 3 is 1.85 bits per heavy atom. The summed E-state index contributed by atoms with van der Waals surface area (Å²) in [4.78, 5) is 33.5. The third-order valence-corrected chi connectivity index (χ3v) is 17.4. The first kappa shape index (κ1) is 44.9. The zero-order valence-electron chi connectivity index (χ0n) is 37.7. The first-order valence-electron chi connectivity index (χ1n) is 23.3. The van der Waals surface area contributed by atoms with Gasteiger partial charge >= 0.3 is 5.97 Å². The van der Waals surface area contributed by atoms with Crippen molar-refractivity contribution in [3.8, 4) is 23.7 Å². The minimum atomic E-state index is -0.569. The van der Waals surface area contributed by atoms with Gasteiger partial charge in [0, 0.05) is 46.6 Å². The minimum absolute atomic E-state index is 0.00935. The number of rotatable bonds is 6. The quantitative estimate of drug-likeness (QED) is 0.150. The number of nitrogens with zero attached hydrogens (tertiary/aromatic N) is 6. The van der Waals surface area contributed by atoms with Gasteiger partial charge in [-0.1, -0.05) is 41.5 Å². The van der Waals surface area contributed by atoms with Gasteiger partial charge in [-0.25, -0.2) is 5.06 Å². The lowest BCUT2D eigenvalue weighted by atomic mass is 9.44. The summed E-state index contributed by atoms with van der Waals surface area (Å²) in [5, 5.41) is 19.7. The second-order valence-electron chi connectivity index (χ2n) is 21.4. The summed E-state index contributed by atoms with van der Waals surface area (Å²) < 4.78 is 2.98. The Morgan fingerprint density at radius 1 is 0.831 bits per heavy atom. The van der Waals surface area contributed by atoms with Crippen LogP contribution in [0.25, 0.3) is 16.7 Å². The van der Waals surface area contributed by atoms with Gasteiger partial charge in [-0.05, 0) is 206 Å². The lowest BCUT2D eigenvalue weighted by Crippen LogP contribution is -2.60. The molecule has 10 bridgehead atoms. The number of fused-ring (bicyclic) bond motifs is 3. The smallest absolute Gasteiger partial charge is 0.309 e. The van der Waals surface area contributed by atoms with Crippen LogP contribution in [0.4, 0.5) is 11.5 Å². The number of carboxylic acid groups (broad SMARTS) is 1. The van der Waals surface area contributed by atoms with Crippen LogP contribution >= 0.6 is 43.5 Å². The zero-order valence-corrected chi connectivity index (χ0v) is 41.6. The molecule has 0 saturated heterocycles. The Bertz CT molecular complexity index is 2660. The van der Waals surface area contributed by atoms with Gasteiger partial charge < -0.3 is 10.0 Å². The monoisotopic (exact) mass is 1020 g/mol. The van der Waals surface area contributed by atoms with Crippen LogP contribution < -0.4 is 4.90 Å². The molecule has 2 aromatic heterocycles. The third kappa shape index (κ3) is 8.21. The van der Waals surface area contributed by atoms with E-state index in [0.29, 0.717) is 27.0 Å². The van der Waals surface area contributed by atoms with Gasteiger partial charge in [0.2, 0.25) is 0 Å². The molecule has 0 radical (unpaired) electrons. The van der Waals surface area contributed by atoms with Crippen molar-refractivity contribution in [3.05, 3.63) is 68.8 Å². The molecule has 0 unspecified atom stereocenters. The molecule has 15 saturated carbocycles. The molecular weight excluding hydrogens is 968 g/mol. The molecular formula is C52H57Br2ClN6O4. The zero-order chi connectivity index (χ0) is 45.5. The fraction of sp³-hybridized carbons (Fsp3) is 0.558. The largest absolute Gasteiger partial charge is 0.481 e. The van der Waals surface area contributed by atoms with Crippen LogP contribution in [0.3, 0.4) is 0 Å². The fourth-order valence-corrected chi connectivity index (χ4v) is 13.4. The highest BCUT2D eigenvalue weighted by molar-refractivity contribution is 9.28. The second-order valence-corrected chi connectivity index (χ2v) is 24.6. The number of carbonyl (C=O) groups excluding carboxylic acids is 1. The Labute approximate surface area is 403 Å². The van der Waals surface area contributed by atoms with E-state index in [0.717, 1.165) is 99.5 Å². The lowest BCUT2D eigenvalue weighted by molar-refractivity contribution is -0.210. The molecule has 0 atom stereocenters. The predicted octanol–water partition coefficient (Wildman–Crippen LogP) is 11.8. The van der Waals surface area contributed by atoms with Gasteiger partial charge in [0.25, 0.3) is 11.7 Å². The van der Waals surface area contributed by atoms with Crippen molar-refractivity contribution in [2.45, 2.75) is 103 Å². The first-order valence-corrected chi connectivity index (χ1v) is 25.2. The second kappa shape index (κ2) is 16.7. The summed E-state index contributed by atoms with van der Waals surface area (Å²) in [6.45, 7) is 1.94. The fourth-order valence-electron chi connectivity index (χ4n) is 12.3. The molecule has 15 fully saturated rings. The van der Waals surface area contributed by atoms with Crippen molar-refractivity contribution in [1.82, 2.24) is 24.6 Å². The highest BCUT2D eigenvalue weighted by atomic mass is 79.9. The number of carbonyl (C=O) groups is 2. The van der Waals surface area contributed by atoms with E-state index in [9.17, 15) is 9.59 Å². The number of amides is 1. The van der Waals surface area contributed by atoms with Gasteiger partial charge in [-0.3, -0.25) is 18.8 Å². The van der Waals surface area contributed by atoms with E-state index >= 15 is 0 Å². The number of hydroxylamine groups is 2. The number of anilines is 2. The molecule has 2 heterocycles. The highest BCUT2D eigenvalue weighted by Gasteiger charge is 2.63. The van der Waals surface area contributed by atoms with E-state index in [4.69, 9.17) is 26.5 Å². The average molecular weight is 1030 g/mol. The maximum Gasteiger partial charge on any atom is 0.309 e. The van der Waals surface area contributed by atoms with Gasteiger partial charge in [0.1, 0.15) is 12.1 Å². The molecule has 15 aliphatic carbocycles. The highest BCUT2D eigenvalue weighted by Crippen LogP contribution is 2.67. The van der Waals surface area contributed by atoms with Crippen LogP contribution in [0.1, 0.15) is 109 Å². The molecule has 15 aliphatic rings. The van der Waals surface area contributed by atoms with Crippen LogP contribution in [-0.4, -0.2) is 62.8 Å². The molecule has 10 nitrogen and oxygen atoms in total. The average Bonchev–Trinajstić information content (AvgIpc) is 3.59. The lowest BCUT2D eigenvalue weighted by Gasteiger charge is -2.60. The topological polar surface area (TPSA) is 113 Å². The summed E-state index contributed by atoms with van der Waals surface area (Å²) in [5.74, 6) is 18.9. The maximum atomic E-state index is 11.5. The Balaban J connectivity index is 0.000000112. The number of aliphatic carboxylic acids is 1. The van der Waals surface area contributed by atoms with E-state index in [-0.39, 0.29) is 16.7 Å². The van der Waals surface area contributed by atoms with Crippen molar-refractivity contribution >= 4 is 83.5 Å². The Morgan fingerprint density at radius 2 is 1.42 bits per heavy atom. The van der Waals surface area contributed by atoms with E-state index < -0.39 is 5.97 Å². The van der Waals surface area contributed by atoms with Gasteiger partial charge in [-0.15, -0.1) is 16.1 Å². The summed E-state index contributed by atoms with van der Waals surface area (Å²) in [5.41, 5.74) is 4.29. The van der Waals surface area contributed by atoms with Crippen LogP contribution in [-0.2, 0) is 14.4 Å². The Hall–Kier alpha value is -3.94. The van der Waals surface area contributed by atoms with E-state index in [1.54, 1.807) is 13.4 Å². The van der Waals surface area contributed by atoms with Gasteiger partial charge in [0.15, 0.2) is 0 Å². The van der Waals surface area contributed by atoms with Crippen molar-refractivity contribution < 1.29 is 19.5 Å². The predicted molar refractivity (Wildman–Crippen MR) is 260 cm³/mol. The molecule has 1 N–H and O–H groups in total. The summed E-state index contributed by atoms with van der Waals surface area (Å²) in [6.07, 6.45) is 22.6. The molecule has 0 aliphatic heterocycles. The normalized spacial score (nSPS) is 34.5. The molecule has 4 aromatic rings. The SMILES string of the molecule is BrC(Br)=CC12CC(C1)C2.CC#CC12CC(C1)C2.CN(c1cccc(C#CC23CC(C2)C3)c1)c1nc2nncn2c2cc(Cl)ccc12.CON(C)C(=O)C12CC(C1)C2.O=C(O)C12CC(C1)C2. The molecule has 19 rings (SSSR count). The number of benzene rings is 2. The summed E-state index contributed by atoms with van der Waals surface area (Å²) >= 11 is 13.0. The number of allylic oxidation sites excluding steroid dienone is 1. The molecule has 65 heavy (non-hydrogen) atoms. The minimum Gasteiger partial charge on any atom is -0.481 e. The number of hydrogen-bond donors (Lipinski definition) is 1. The first-order chi connectivity index (χ1) is 31.1. The van der Waals surface area contributed by atoms with Gasteiger partial charge in [0.05, 0.1) is 26.8 Å². The van der Waals surface area contributed by atoms with Crippen molar-refractivity contribution in [1.29, 1.82) is 0 Å². The van der Waals surface area contributed by atoms with E-state index in [2.05, 4.69) is 94.9 Å². The summed E-state index contributed by atoms with van der Waals surface area (Å²) in [7, 11) is 5.23. The summed E-state index contributed by atoms with van der Waals surface area (Å²) in [6, 6.07) is 14.1. The standard InChI is InChI=1S/C23H18ClN5.C8H13NO2.C8H10.C7H8Br2.C6H8O2/c1-28(18-4-2-3-15(9-18)7-8-23-11-16(12-23)13-23)21-19-6-5-17(24)10-20(19)29-14-25-27-22(29)26-21;1-9(11-2)7(10)8-3-6(4-8)5-8;1-2-3-8-4-7(5-8)6-8;8-6(9)4-7-1-5(2-7)3-7;7-5(8)6-1-4(2-6)3-6/h2-6,9-10,14,16H,11-13H2,1H3;6H,3-5H2,1-2H3;7H,4-6H2,1H3;4-5H,1-3H2;4H,1-3H2,(H,7,8). The van der Waals surface area contributed by atoms with Crippen LogP contribution in [0.15, 0.2) is 58.3 Å². The van der Waals surface area contributed by atoms with Crippen LogP contribution in [0, 0.1) is 80.3 Å². The van der Waals surface area contributed by atoms with Crippen LogP contribution in [0.5, 0.6) is 0 Å². The number of halogens is 3. The van der Waals surface area contributed by atoms with Crippen molar-refractivity contribution in [2.75, 3.05) is 26.1 Å². The maximum absolute atomic E-state index is 11.5.